The van der Waals surface area contributed by atoms with Gasteiger partial charge in [0.25, 0.3) is 5.91 Å². The molecule has 110 valence electrons. The van der Waals surface area contributed by atoms with Crippen molar-refractivity contribution in [3.8, 4) is 5.75 Å². The summed E-state index contributed by atoms with van der Waals surface area (Å²) in [5.41, 5.74) is 1.03. The molecule has 0 aliphatic heterocycles. The van der Waals surface area contributed by atoms with E-state index in [1.54, 1.807) is 18.2 Å². The molecule has 0 unspecified atom stereocenters. The summed E-state index contributed by atoms with van der Waals surface area (Å²) < 4.78 is 5.25. The maximum atomic E-state index is 12.2. The number of benzene rings is 2. The third-order valence-electron chi connectivity index (χ3n) is 3.31. The molecule has 1 aromatic heterocycles. The molecule has 0 saturated heterocycles. The third-order valence-corrected chi connectivity index (χ3v) is 3.31. The van der Waals surface area contributed by atoms with E-state index in [2.05, 4.69) is 5.32 Å². The lowest BCUT2D eigenvalue weighted by Crippen LogP contribution is -2.27. The van der Waals surface area contributed by atoms with Crippen LogP contribution in [-0.4, -0.2) is 11.0 Å². The van der Waals surface area contributed by atoms with Gasteiger partial charge in [0.2, 0.25) is 5.55 Å². The molecule has 5 heteroatoms. The quantitative estimate of drug-likeness (QED) is 0.694. The topological polar surface area (TPSA) is 86.3 Å². The molecule has 0 bridgehead atoms. The zero-order valence-corrected chi connectivity index (χ0v) is 11.7. The van der Waals surface area contributed by atoms with E-state index in [0.29, 0.717) is 11.9 Å². The van der Waals surface area contributed by atoms with Crippen LogP contribution >= 0.6 is 0 Å². The van der Waals surface area contributed by atoms with Crippen LogP contribution in [0.3, 0.4) is 0 Å². The number of carbonyl (C=O) groups is 1. The molecule has 0 radical (unpaired) electrons. The van der Waals surface area contributed by atoms with Crippen molar-refractivity contribution in [1.29, 1.82) is 5.41 Å². The van der Waals surface area contributed by atoms with Crippen LogP contribution in [0.1, 0.15) is 15.9 Å². The fourth-order valence-corrected chi connectivity index (χ4v) is 2.19. The van der Waals surface area contributed by atoms with Crippen molar-refractivity contribution < 1.29 is 14.3 Å². The van der Waals surface area contributed by atoms with Crippen molar-refractivity contribution in [2.24, 2.45) is 0 Å². The summed E-state index contributed by atoms with van der Waals surface area (Å²) in [5.74, 6) is -0.440. The zero-order chi connectivity index (χ0) is 15.5. The van der Waals surface area contributed by atoms with Crippen molar-refractivity contribution >= 4 is 16.9 Å². The lowest BCUT2D eigenvalue weighted by atomic mass is 10.1. The first-order valence-corrected chi connectivity index (χ1v) is 6.78. The number of nitrogens with one attached hydrogen (secondary N) is 2. The maximum absolute atomic E-state index is 12.2. The fraction of sp³-hybridized carbons (Fsp3) is 0.0588. The molecule has 3 N–H and O–H groups in total. The van der Waals surface area contributed by atoms with Gasteiger partial charge in [-0.05, 0) is 17.7 Å². The molecule has 0 aliphatic rings. The summed E-state index contributed by atoms with van der Waals surface area (Å²) in [5, 5.41) is 20.8. The Labute approximate surface area is 126 Å². The predicted octanol–water partition coefficient (Wildman–Crippen LogP) is 2.55. The SMILES string of the molecule is N=c1oc2c(O)cccc2cc1C(=O)NCc1ccccc1. The summed E-state index contributed by atoms with van der Waals surface area (Å²) in [6.07, 6.45) is 0. The highest BCUT2D eigenvalue weighted by atomic mass is 16.4. The Morgan fingerprint density at radius 2 is 1.91 bits per heavy atom. The molecule has 5 nitrogen and oxygen atoms in total. The number of hydrogen-bond donors (Lipinski definition) is 3. The first kappa shape index (κ1) is 13.9. The van der Waals surface area contributed by atoms with E-state index in [-0.39, 0.29) is 28.4 Å². The van der Waals surface area contributed by atoms with E-state index < -0.39 is 0 Å². The van der Waals surface area contributed by atoms with Crippen LogP contribution in [0.5, 0.6) is 5.75 Å². The average molecular weight is 294 g/mol. The van der Waals surface area contributed by atoms with Gasteiger partial charge in [0.05, 0.1) is 0 Å². The standard InChI is InChI=1S/C17H14N2O3/c18-16-13(9-12-7-4-8-14(20)15(12)22-16)17(21)19-10-11-5-2-1-3-6-11/h1-9,18,20H,10H2,(H,19,21). The van der Waals surface area contributed by atoms with Gasteiger partial charge in [-0.2, -0.15) is 0 Å². The first-order valence-electron chi connectivity index (χ1n) is 6.78. The number of hydrogen-bond acceptors (Lipinski definition) is 4. The summed E-state index contributed by atoms with van der Waals surface area (Å²) >= 11 is 0. The monoisotopic (exact) mass is 294 g/mol. The first-order chi connectivity index (χ1) is 10.6. The predicted molar refractivity (Wildman–Crippen MR) is 81.3 cm³/mol. The van der Waals surface area contributed by atoms with Crippen LogP contribution in [0.4, 0.5) is 0 Å². The lowest BCUT2D eigenvalue weighted by Gasteiger charge is -2.07. The van der Waals surface area contributed by atoms with Gasteiger partial charge in [-0.25, -0.2) is 0 Å². The second-order valence-electron chi connectivity index (χ2n) is 4.85. The number of phenols is 1. The zero-order valence-electron chi connectivity index (χ0n) is 11.7. The van der Waals surface area contributed by atoms with E-state index in [4.69, 9.17) is 9.83 Å². The van der Waals surface area contributed by atoms with Crippen molar-refractivity contribution in [2.75, 3.05) is 0 Å². The number of phenolic OH excluding ortho intramolecular Hbond substituents is 1. The summed E-state index contributed by atoms with van der Waals surface area (Å²) in [7, 11) is 0. The van der Waals surface area contributed by atoms with Crippen LogP contribution in [0.15, 0.2) is 59.0 Å². The summed E-state index contributed by atoms with van der Waals surface area (Å²) in [4.78, 5) is 12.2. The van der Waals surface area contributed by atoms with Crippen molar-refractivity contribution in [3.05, 3.63) is 71.3 Å². The molecule has 3 aromatic rings. The molecular weight excluding hydrogens is 280 g/mol. The minimum Gasteiger partial charge on any atom is -0.504 e. The number of para-hydroxylation sites is 1. The normalized spacial score (nSPS) is 10.5. The molecule has 0 saturated carbocycles. The van der Waals surface area contributed by atoms with Gasteiger partial charge in [-0.3, -0.25) is 10.2 Å². The molecule has 1 amide bonds. The smallest absolute Gasteiger partial charge is 0.257 e. The third kappa shape index (κ3) is 2.69. The van der Waals surface area contributed by atoms with E-state index in [9.17, 15) is 9.90 Å². The molecule has 0 atom stereocenters. The Balaban J connectivity index is 1.88. The van der Waals surface area contributed by atoms with Crippen LogP contribution in [0.2, 0.25) is 0 Å². The number of rotatable bonds is 3. The van der Waals surface area contributed by atoms with Crippen LogP contribution in [0, 0.1) is 5.41 Å². The Morgan fingerprint density at radius 1 is 1.14 bits per heavy atom. The highest BCUT2D eigenvalue weighted by Crippen LogP contribution is 2.23. The average Bonchev–Trinajstić information content (AvgIpc) is 2.54. The molecule has 1 heterocycles. The molecule has 0 fully saturated rings. The highest BCUT2D eigenvalue weighted by Gasteiger charge is 2.12. The van der Waals surface area contributed by atoms with Crippen molar-refractivity contribution in [2.45, 2.75) is 6.54 Å². The minimum absolute atomic E-state index is 0.0535. The molecule has 0 spiro atoms. The Morgan fingerprint density at radius 3 is 2.68 bits per heavy atom. The van der Waals surface area contributed by atoms with E-state index >= 15 is 0 Å². The summed E-state index contributed by atoms with van der Waals surface area (Å²) in [6.45, 7) is 0.372. The number of amides is 1. The van der Waals surface area contributed by atoms with Crippen molar-refractivity contribution in [1.82, 2.24) is 5.32 Å². The van der Waals surface area contributed by atoms with Crippen LogP contribution < -0.4 is 10.9 Å². The lowest BCUT2D eigenvalue weighted by molar-refractivity contribution is 0.0946. The van der Waals surface area contributed by atoms with E-state index in [1.165, 1.54) is 6.07 Å². The summed E-state index contributed by atoms with van der Waals surface area (Å²) in [6, 6.07) is 15.9. The van der Waals surface area contributed by atoms with Crippen LogP contribution in [-0.2, 0) is 6.54 Å². The minimum atomic E-state index is -0.386. The van der Waals surface area contributed by atoms with Gasteiger partial charge in [0.1, 0.15) is 5.56 Å². The Bertz CT molecular complexity index is 885. The Kier molecular flexibility index (Phi) is 3.62. The van der Waals surface area contributed by atoms with Gasteiger partial charge in [-0.15, -0.1) is 0 Å². The Hall–Kier alpha value is -3.08. The van der Waals surface area contributed by atoms with Gasteiger partial charge in [0, 0.05) is 11.9 Å². The second-order valence-corrected chi connectivity index (χ2v) is 4.85. The largest absolute Gasteiger partial charge is 0.504 e. The van der Waals surface area contributed by atoms with Gasteiger partial charge < -0.3 is 14.8 Å². The van der Waals surface area contributed by atoms with Gasteiger partial charge in [-0.1, -0.05) is 42.5 Å². The van der Waals surface area contributed by atoms with Gasteiger partial charge >= 0.3 is 0 Å². The highest BCUT2D eigenvalue weighted by molar-refractivity contribution is 5.97. The fourth-order valence-electron chi connectivity index (χ4n) is 2.19. The number of fused-ring (bicyclic) bond motifs is 1. The van der Waals surface area contributed by atoms with Gasteiger partial charge in [0.15, 0.2) is 11.3 Å². The molecule has 2 aromatic carbocycles. The number of carbonyl (C=O) groups excluding carboxylic acids is 1. The molecule has 3 rings (SSSR count). The van der Waals surface area contributed by atoms with Crippen molar-refractivity contribution in [3.63, 3.8) is 0 Å². The molecule has 22 heavy (non-hydrogen) atoms. The van der Waals surface area contributed by atoms with Crippen LogP contribution in [0.25, 0.3) is 11.0 Å². The molecular formula is C17H14N2O3. The maximum Gasteiger partial charge on any atom is 0.257 e. The van der Waals surface area contributed by atoms with E-state index in [1.807, 2.05) is 30.3 Å². The molecule has 0 aliphatic carbocycles. The second kappa shape index (κ2) is 5.73. The van der Waals surface area contributed by atoms with E-state index in [0.717, 1.165) is 5.56 Å². The number of aromatic hydroxyl groups is 1.